The van der Waals surface area contributed by atoms with Gasteiger partial charge in [0.25, 0.3) is 0 Å². The van der Waals surface area contributed by atoms with E-state index in [-0.39, 0.29) is 0 Å². The van der Waals surface area contributed by atoms with Crippen LogP contribution in [-0.2, 0) is 8.85 Å². The second-order valence-corrected chi connectivity index (χ2v) is 15.7. The Bertz CT molecular complexity index is 284. The van der Waals surface area contributed by atoms with Crippen LogP contribution in [0.25, 0.3) is 0 Å². The van der Waals surface area contributed by atoms with Crippen LogP contribution >= 0.6 is 0 Å². The van der Waals surface area contributed by atoms with Crippen molar-refractivity contribution in [3.63, 3.8) is 0 Å². The summed E-state index contributed by atoms with van der Waals surface area (Å²) >= 11 is 0. The molecule has 0 saturated heterocycles. The minimum atomic E-state index is -1.48. The topological polar surface area (TPSA) is 21.7 Å². The zero-order valence-electron chi connectivity index (χ0n) is 18.0. The van der Waals surface area contributed by atoms with Gasteiger partial charge in [-0.15, -0.1) is 0 Å². The first-order valence-corrected chi connectivity index (χ1v) is 14.2. The Labute approximate surface area is 155 Å². The highest BCUT2D eigenvalue weighted by Crippen LogP contribution is 2.43. The molecule has 5 heteroatoms. The maximum absolute atomic E-state index is 5.81. The molecular formula is C19H45NO2Si2. The molecule has 0 aliphatic rings. The van der Waals surface area contributed by atoms with E-state index >= 15 is 0 Å². The Morgan fingerprint density at radius 1 is 0.792 bits per heavy atom. The SMILES string of the molecule is CCO[SiH](CCCCN(CC)[Si](C(C)C)(C(C)C)C(C)C)OCC. The standard InChI is InChI=1S/C19H45NO2Si2/c1-10-20(24(17(4)5,18(6)7)19(8)9)15-13-14-16-23(21-11-2)22-12-3/h17-19,23H,10-16H2,1-9H3. The van der Waals surface area contributed by atoms with Crippen molar-refractivity contribution in [1.82, 2.24) is 4.57 Å². The van der Waals surface area contributed by atoms with E-state index in [4.69, 9.17) is 8.85 Å². The van der Waals surface area contributed by atoms with Gasteiger partial charge in [-0.1, -0.05) is 54.9 Å². The molecule has 0 saturated carbocycles. The highest BCUT2D eigenvalue weighted by molar-refractivity contribution is 6.80. The fraction of sp³-hybridized carbons (Fsp3) is 1.00. The maximum Gasteiger partial charge on any atom is 0.321 e. The van der Waals surface area contributed by atoms with Crippen LogP contribution in [0.3, 0.4) is 0 Å². The molecule has 0 heterocycles. The summed E-state index contributed by atoms with van der Waals surface area (Å²) < 4.78 is 14.5. The molecule has 0 aliphatic carbocycles. The Kier molecular flexibility index (Phi) is 12.8. The molecule has 0 atom stereocenters. The lowest BCUT2D eigenvalue weighted by Gasteiger charge is -2.51. The third-order valence-corrected chi connectivity index (χ3v) is 15.0. The van der Waals surface area contributed by atoms with Crippen molar-refractivity contribution in [3.8, 4) is 0 Å². The molecule has 0 fully saturated rings. The fourth-order valence-electron chi connectivity index (χ4n) is 4.92. The second-order valence-electron chi connectivity index (χ2n) is 7.77. The molecule has 146 valence electrons. The third-order valence-electron chi connectivity index (χ3n) is 5.53. The van der Waals surface area contributed by atoms with Crippen LogP contribution < -0.4 is 0 Å². The van der Waals surface area contributed by atoms with Crippen LogP contribution in [0, 0.1) is 0 Å². The summed E-state index contributed by atoms with van der Waals surface area (Å²) in [5.74, 6) is 0. The van der Waals surface area contributed by atoms with Crippen LogP contribution in [-0.4, -0.2) is 48.4 Å². The minimum absolute atomic E-state index is 0.794. The fourth-order valence-corrected chi connectivity index (χ4v) is 14.0. The molecule has 0 amide bonds. The van der Waals surface area contributed by atoms with Crippen LogP contribution in [0.2, 0.25) is 22.7 Å². The van der Waals surface area contributed by atoms with Gasteiger partial charge in [0.05, 0.1) is 0 Å². The summed E-state index contributed by atoms with van der Waals surface area (Å²) in [5.41, 5.74) is 2.39. The quantitative estimate of drug-likeness (QED) is 0.293. The zero-order valence-corrected chi connectivity index (χ0v) is 20.2. The summed E-state index contributed by atoms with van der Waals surface area (Å²) in [6.07, 6.45) is 2.52. The molecule has 0 radical (unpaired) electrons. The highest BCUT2D eigenvalue weighted by atomic mass is 28.3. The third kappa shape index (κ3) is 6.56. The van der Waals surface area contributed by atoms with E-state index in [0.29, 0.717) is 0 Å². The van der Waals surface area contributed by atoms with Crippen molar-refractivity contribution in [3.05, 3.63) is 0 Å². The lowest BCUT2D eigenvalue weighted by atomic mass is 10.3. The van der Waals surface area contributed by atoms with Gasteiger partial charge in [0, 0.05) is 13.2 Å². The molecule has 0 aromatic heterocycles. The van der Waals surface area contributed by atoms with Gasteiger partial charge in [0.1, 0.15) is 8.24 Å². The minimum Gasteiger partial charge on any atom is -0.397 e. The summed E-state index contributed by atoms with van der Waals surface area (Å²) in [7, 11) is -2.90. The van der Waals surface area contributed by atoms with Gasteiger partial charge in [0.15, 0.2) is 0 Å². The predicted molar refractivity (Wildman–Crippen MR) is 113 cm³/mol. The van der Waals surface area contributed by atoms with Gasteiger partial charge in [0.2, 0.25) is 0 Å². The first kappa shape index (κ1) is 24.3. The molecule has 0 aromatic carbocycles. The second kappa shape index (κ2) is 12.6. The summed E-state index contributed by atoms with van der Waals surface area (Å²) in [6.45, 7) is 25.3. The van der Waals surface area contributed by atoms with Crippen molar-refractivity contribution in [1.29, 1.82) is 0 Å². The molecule has 0 aliphatic heterocycles. The maximum atomic E-state index is 5.81. The van der Waals surface area contributed by atoms with Crippen molar-refractivity contribution >= 4 is 17.5 Å². The predicted octanol–water partition coefficient (Wildman–Crippen LogP) is 5.56. The van der Waals surface area contributed by atoms with E-state index in [9.17, 15) is 0 Å². The number of hydrogen-bond donors (Lipinski definition) is 0. The molecule has 0 aromatic rings. The van der Waals surface area contributed by atoms with E-state index in [0.717, 1.165) is 35.9 Å². The lowest BCUT2D eigenvalue weighted by Crippen LogP contribution is -2.60. The normalized spacial score (nSPS) is 13.2. The molecule has 0 rings (SSSR count). The van der Waals surface area contributed by atoms with E-state index < -0.39 is 17.5 Å². The largest absolute Gasteiger partial charge is 0.397 e. The van der Waals surface area contributed by atoms with E-state index in [1.165, 1.54) is 25.9 Å². The van der Waals surface area contributed by atoms with Crippen molar-refractivity contribution in [2.24, 2.45) is 0 Å². The van der Waals surface area contributed by atoms with E-state index in [1.807, 2.05) is 0 Å². The van der Waals surface area contributed by atoms with Gasteiger partial charge in [-0.2, -0.15) is 0 Å². The Hall–Kier alpha value is 0.314. The van der Waals surface area contributed by atoms with Crippen LogP contribution in [0.15, 0.2) is 0 Å². The van der Waals surface area contributed by atoms with E-state index in [1.54, 1.807) is 0 Å². The molecule has 3 nitrogen and oxygen atoms in total. The van der Waals surface area contributed by atoms with Crippen LogP contribution in [0.4, 0.5) is 0 Å². The molecule has 24 heavy (non-hydrogen) atoms. The van der Waals surface area contributed by atoms with Crippen LogP contribution in [0.5, 0.6) is 0 Å². The monoisotopic (exact) mass is 375 g/mol. The average molecular weight is 376 g/mol. The van der Waals surface area contributed by atoms with Gasteiger partial charge < -0.3 is 13.4 Å². The van der Waals surface area contributed by atoms with E-state index in [2.05, 4.69) is 66.9 Å². The first-order valence-electron chi connectivity index (χ1n) is 10.3. The van der Waals surface area contributed by atoms with Crippen molar-refractivity contribution in [2.45, 2.75) is 97.8 Å². The Morgan fingerprint density at radius 2 is 1.25 bits per heavy atom. The summed E-state index contributed by atoms with van der Waals surface area (Å²) in [5, 5.41) is 0. The van der Waals surface area contributed by atoms with Crippen molar-refractivity contribution < 1.29 is 8.85 Å². The van der Waals surface area contributed by atoms with Gasteiger partial charge >= 0.3 is 9.28 Å². The molecule has 0 bridgehead atoms. The number of nitrogens with zero attached hydrogens (tertiary/aromatic N) is 1. The number of hydrogen-bond acceptors (Lipinski definition) is 3. The zero-order chi connectivity index (χ0) is 18.8. The van der Waals surface area contributed by atoms with Crippen molar-refractivity contribution in [2.75, 3.05) is 26.3 Å². The molecule has 0 spiro atoms. The Morgan fingerprint density at radius 3 is 1.58 bits per heavy atom. The van der Waals surface area contributed by atoms with Gasteiger partial charge in [-0.05, 0) is 56.0 Å². The lowest BCUT2D eigenvalue weighted by molar-refractivity contribution is 0.212. The number of unbranched alkanes of at least 4 members (excludes halogenated alkanes) is 1. The van der Waals surface area contributed by atoms with Crippen LogP contribution in [0.1, 0.15) is 75.2 Å². The van der Waals surface area contributed by atoms with Gasteiger partial charge in [-0.25, -0.2) is 0 Å². The Balaban J connectivity index is 4.77. The first-order chi connectivity index (χ1) is 11.3. The highest BCUT2D eigenvalue weighted by Gasteiger charge is 2.47. The number of rotatable bonds is 14. The molecule has 0 N–H and O–H groups in total. The smallest absolute Gasteiger partial charge is 0.321 e. The average Bonchev–Trinajstić information content (AvgIpc) is 2.49. The molecular weight excluding hydrogens is 330 g/mol. The molecule has 0 unspecified atom stereocenters. The van der Waals surface area contributed by atoms with Gasteiger partial charge in [-0.3, -0.25) is 0 Å². The summed E-state index contributed by atoms with van der Waals surface area (Å²) in [4.78, 5) is 0. The summed E-state index contributed by atoms with van der Waals surface area (Å²) in [6, 6.07) is 1.15.